The van der Waals surface area contributed by atoms with Gasteiger partial charge in [0.25, 0.3) is 0 Å². The monoisotopic (exact) mass is 346 g/mol. The van der Waals surface area contributed by atoms with Crippen LogP contribution in [0.25, 0.3) is 0 Å². The summed E-state index contributed by atoms with van der Waals surface area (Å²) in [6, 6.07) is 4.83. The van der Waals surface area contributed by atoms with Crippen molar-refractivity contribution in [2.75, 3.05) is 11.9 Å². The molecule has 1 fully saturated rings. The van der Waals surface area contributed by atoms with E-state index in [0.29, 0.717) is 16.6 Å². The molecule has 4 nitrogen and oxygen atoms in total. The lowest BCUT2D eigenvalue weighted by Crippen LogP contribution is -2.52. The Morgan fingerprint density at radius 2 is 2.26 bits per heavy atom. The number of carbonyl (C=O) groups is 1. The molecule has 2 amide bonds. The number of carbonyl (C=O) groups excluding carboxylic acids is 1. The Kier molecular flexibility index (Phi) is 4.38. The summed E-state index contributed by atoms with van der Waals surface area (Å²) in [5.74, 6) is 0.361. The van der Waals surface area contributed by atoms with E-state index in [0.717, 1.165) is 17.3 Å². The van der Waals surface area contributed by atoms with Gasteiger partial charge in [-0.15, -0.1) is 0 Å². The summed E-state index contributed by atoms with van der Waals surface area (Å²) in [5, 5.41) is 15.6. The molecule has 0 aromatic heterocycles. The van der Waals surface area contributed by atoms with Gasteiger partial charge in [0, 0.05) is 10.2 Å². The minimum Gasteiger partial charge on any atom is -0.394 e. The van der Waals surface area contributed by atoms with Gasteiger partial charge in [0.2, 0.25) is 0 Å². The van der Waals surface area contributed by atoms with Gasteiger partial charge in [-0.2, -0.15) is 0 Å². The average molecular weight is 348 g/mol. The smallest absolute Gasteiger partial charge is 0.319 e. The number of halogens is 2. The van der Waals surface area contributed by atoms with Gasteiger partial charge < -0.3 is 15.7 Å². The molecule has 0 aliphatic heterocycles. The van der Waals surface area contributed by atoms with Gasteiger partial charge in [0.05, 0.1) is 17.2 Å². The molecule has 2 rings (SSSR count). The van der Waals surface area contributed by atoms with E-state index < -0.39 is 5.54 Å². The molecule has 6 heteroatoms. The molecule has 1 aromatic carbocycles. The fourth-order valence-corrected chi connectivity index (χ4v) is 2.48. The van der Waals surface area contributed by atoms with E-state index in [1.54, 1.807) is 18.2 Å². The van der Waals surface area contributed by atoms with E-state index in [1.165, 1.54) is 0 Å². The first-order valence-electron chi connectivity index (χ1n) is 6.10. The van der Waals surface area contributed by atoms with E-state index in [1.807, 2.05) is 6.92 Å². The van der Waals surface area contributed by atoms with Crippen molar-refractivity contribution in [3.63, 3.8) is 0 Å². The van der Waals surface area contributed by atoms with Crippen molar-refractivity contribution in [3.8, 4) is 0 Å². The van der Waals surface area contributed by atoms with Gasteiger partial charge in [0.1, 0.15) is 0 Å². The average Bonchev–Trinajstić information content (AvgIpc) is 3.18. The van der Waals surface area contributed by atoms with Crippen LogP contribution < -0.4 is 10.6 Å². The molecule has 0 saturated heterocycles. The third kappa shape index (κ3) is 3.61. The number of anilines is 1. The molecular weight excluding hydrogens is 332 g/mol. The highest BCUT2D eigenvalue weighted by atomic mass is 79.9. The summed E-state index contributed by atoms with van der Waals surface area (Å²) in [6.07, 6.45) is 2.09. The molecule has 1 saturated carbocycles. The first kappa shape index (κ1) is 14.6. The molecule has 1 atom stereocenters. The zero-order valence-electron chi connectivity index (χ0n) is 10.5. The molecule has 1 unspecified atom stereocenters. The Morgan fingerprint density at radius 1 is 1.58 bits per heavy atom. The molecule has 0 heterocycles. The maximum absolute atomic E-state index is 11.9. The summed E-state index contributed by atoms with van der Waals surface area (Å²) < 4.78 is 0.721. The van der Waals surface area contributed by atoms with Crippen LogP contribution in [0.15, 0.2) is 22.7 Å². The Labute approximate surface area is 125 Å². The number of aliphatic hydroxyl groups excluding tert-OH is 1. The molecule has 1 aromatic rings. The van der Waals surface area contributed by atoms with Crippen molar-refractivity contribution < 1.29 is 9.90 Å². The van der Waals surface area contributed by atoms with Crippen LogP contribution in [0, 0.1) is 5.92 Å². The molecular formula is C13H16BrClN2O2. The van der Waals surface area contributed by atoms with Crippen molar-refractivity contribution >= 4 is 39.2 Å². The summed E-state index contributed by atoms with van der Waals surface area (Å²) in [6.45, 7) is 1.80. The summed E-state index contributed by atoms with van der Waals surface area (Å²) in [5.41, 5.74) is 0.0955. The van der Waals surface area contributed by atoms with Crippen LogP contribution in [0.5, 0.6) is 0 Å². The Bertz CT molecular complexity index is 494. The minimum atomic E-state index is -0.548. The summed E-state index contributed by atoms with van der Waals surface area (Å²) >= 11 is 9.19. The molecule has 0 bridgehead atoms. The molecule has 0 spiro atoms. The van der Waals surface area contributed by atoms with Crippen LogP contribution >= 0.6 is 27.5 Å². The van der Waals surface area contributed by atoms with Crippen LogP contribution in [0.4, 0.5) is 10.5 Å². The largest absolute Gasteiger partial charge is 0.394 e. The van der Waals surface area contributed by atoms with Crippen molar-refractivity contribution in [2.45, 2.75) is 25.3 Å². The van der Waals surface area contributed by atoms with Crippen LogP contribution in [0.3, 0.4) is 0 Å². The zero-order chi connectivity index (χ0) is 14.0. The maximum Gasteiger partial charge on any atom is 0.319 e. The second-order valence-corrected chi connectivity index (χ2v) is 6.32. The van der Waals surface area contributed by atoms with Crippen LogP contribution in [-0.2, 0) is 0 Å². The summed E-state index contributed by atoms with van der Waals surface area (Å²) in [4.78, 5) is 11.9. The first-order valence-corrected chi connectivity index (χ1v) is 7.27. The fourth-order valence-electron chi connectivity index (χ4n) is 1.99. The number of amides is 2. The zero-order valence-corrected chi connectivity index (χ0v) is 12.9. The fraction of sp³-hybridized carbons (Fsp3) is 0.462. The number of rotatable bonds is 4. The molecule has 104 valence electrons. The van der Waals surface area contributed by atoms with E-state index in [4.69, 9.17) is 11.6 Å². The number of hydrogen-bond acceptors (Lipinski definition) is 2. The number of nitrogens with one attached hydrogen (secondary N) is 2. The topological polar surface area (TPSA) is 61.4 Å². The lowest BCUT2D eigenvalue weighted by Gasteiger charge is -2.28. The third-order valence-electron chi connectivity index (χ3n) is 3.38. The number of hydrogen-bond donors (Lipinski definition) is 3. The Balaban J connectivity index is 1.98. The van der Waals surface area contributed by atoms with Gasteiger partial charge >= 0.3 is 6.03 Å². The van der Waals surface area contributed by atoms with Gasteiger partial charge in [0.15, 0.2) is 0 Å². The van der Waals surface area contributed by atoms with Crippen LogP contribution in [0.2, 0.25) is 5.02 Å². The predicted octanol–water partition coefficient (Wildman–Crippen LogP) is 3.39. The van der Waals surface area contributed by atoms with Crippen LogP contribution in [0.1, 0.15) is 19.8 Å². The minimum absolute atomic E-state index is 0.0601. The van der Waals surface area contributed by atoms with Gasteiger partial charge in [-0.05, 0) is 59.8 Å². The second-order valence-electron chi connectivity index (χ2n) is 5.06. The van der Waals surface area contributed by atoms with Crippen molar-refractivity contribution in [1.82, 2.24) is 5.32 Å². The SMILES string of the molecule is CC(CO)(NC(=O)Nc1ccc(Cl)c(Br)c1)C1CC1. The van der Waals surface area contributed by atoms with Gasteiger partial charge in [-0.3, -0.25) is 0 Å². The molecule has 1 aliphatic carbocycles. The number of benzene rings is 1. The summed E-state index contributed by atoms with van der Waals surface area (Å²) in [7, 11) is 0. The van der Waals surface area contributed by atoms with Crippen molar-refractivity contribution in [1.29, 1.82) is 0 Å². The molecule has 3 N–H and O–H groups in total. The highest BCUT2D eigenvalue weighted by Crippen LogP contribution is 2.39. The standard InChI is InChI=1S/C13H16BrClN2O2/c1-13(7-18,8-2-3-8)17-12(19)16-9-4-5-11(15)10(14)6-9/h4-6,8,18H,2-3,7H2,1H3,(H2,16,17,19). The van der Waals surface area contributed by atoms with Gasteiger partial charge in [-0.25, -0.2) is 4.79 Å². The maximum atomic E-state index is 11.9. The van der Waals surface area contributed by atoms with Crippen LogP contribution in [-0.4, -0.2) is 23.3 Å². The predicted molar refractivity (Wildman–Crippen MR) is 79.5 cm³/mol. The normalized spacial score (nSPS) is 17.7. The van der Waals surface area contributed by atoms with E-state index in [9.17, 15) is 9.90 Å². The highest BCUT2D eigenvalue weighted by molar-refractivity contribution is 9.10. The van der Waals surface area contributed by atoms with E-state index in [2.05, 4.69) is 26.6 Å². The number of aliphatic hydroxyl groups is 1. The lowest BCUT2D eigenvalue weighted by atomic mass is 9.97. The third-order valence-corrected chi connectivity index (χ3v) is 4.60. The Hall–Kier alpha value is -0.780. The first-order chi connectivity index (χ1) is 8.94. The van der Waals surface area contributed by atoms with Crippen molar-refractivity contribution in [2.24, 2.45) is 5.92 Å². The molecule has 19 heavy (non-hydrogen) atoms. The number of urea groups is 1. The Morgan fingerprint density at radius 3 is 2.79 bits per heavy atom. The van der Waals surface area contributed by atoms with E-state index in [-0.39, 0.29) is 12.6 Å². The van der Waals surface area contributed by atoms with E-state index >= 15 is 0 Å². The quantitative estimate of drug-likeness (QED) is 0.782. The lowest BCUT2D eigenvalue weighted by molar-refractivity contribution is 0.159. The highest BCUT2D eigenvalue weighted by Gasteiger charge is 2.42. The van der Waals surface area contributed by atoms with Gasteiger partial charge in [-0.1, -0.05) is 11.6 Å². The molecule has 1 aliphatic rings. The molecule has 0 radical (unpaired) electrons. The second kappa shape index (κ2) is 5.69. The van der Waals surface area contributed by atoms with Crippen molar-refractivity contribution in [3.05, 3.63) is 27.7 Å².